The second-order valence-electron chi connectivity index (χ2n) is 11.7. The van der Waals surface area contributed by atoms with Gasteiger partial charge in [0.15, 0.2) is 0 Å². The minimum atomic E-state index is -0.793. The monoisotopic (exact) mass is 560 g/mol. The molecule has 5 rings (SSSR count). The fourth-order valence-electron chi connectivity index (χ4n) is 5.72. The number of nitrogens with zero attached hydrogens (tertiary/aromatic N) is 3. The number of rotatable bonds is 11. The molecular formula is C32H44N6O3. The fraction of sp³-hybridized carbons (Fsp3) is 0.500. The van der Waals surface area contributed by atoms with Gasteiger partial charge in [0.1, 0.15) is 11.8 Å². The van der Waals surface area contributed by atoms with Gasteiger partial charge in [0, 0.05) is 62.3 Å². The van der Waals surface area contributed by atoms with Crippen molar-refractivity contribution in [3.63, 3.8) is 0 Å². The molecule has 2 fully saturated rings. The van der Waals surface area contributed by atoms with E-state index in [1.807, 2.05) is 81.5 Å². The Morgan fingerprint density at radius 1 is 1.10 bits per heavy atom. The number of H-pyrrole nitrogens is 1. The van der Waals surface area contributed by atoms with Gasteiger partial charge in [0.05, 0.1) is 12.3 Å². The Kier molecular flexibility index (Phi) is 9.15. The number of anilines is 1. The molecule has 3 amide bonds. The number of aromatic nitrogens is 1. The molecule has 0 spiro atoms. The number of urea groups is 1. The van der Waals surface area contributed by atoms with Crippen molar-refractivity contribution in [1.82, 2.24) is 25.0 Å². The largest absolute Gasteiger partial charge is 0.492 e. The Morgan fingerprint density at radius 2 is 1.85 bits per heavy atom. The normalized spacial score (nSPS) is 17.4. The van der Waals surface area contributed by atoms with Crippen LogP contribution in [0.2, 0.25) is 0 Å². The average Bonchev–Trinajstić information content (AvgIpc) is 3.67. The smallest absolute Gasteiger partial charge is 0.318 e. The Bertz CT molecular complexity index is 1340. The van der Waals surface area contributed by atoms with E-state index >= 15 is 0 Å². The molecule has 2 unspecified atom stereocenters. The lowest BCUT2D eigenvalue weighted by Crippen LogP contribution is -2.56. The number of carbonyl (C=O) groups excluding carboxylic acids is 2. The van der Waals surface area contributed by atoms with Gasteiger partial charge in [-0.15, -0.1) is 0 Å². The van der Waals surface area contributed by atoms with Gasteiger partial charge in [-0.25, -0.2) is 4.79 Å². The highest BCUT2D eigenvalue weighted by Gasteiger charge is 2.33. The van der Waals surface area contributed by atoms with Gasteiger partial charge in [0.25, 0.3) is 0 Å². The first-order valence-electron chi connectivity index (χ1n) is 14.9. The van der Waals surface area contributed by atoms with Crippen molar-refractivity contribution in [2.45, 2.75) is 45.2 Å². The molecule has 0 bridgehead atoms. The van der Waals surface area contributed by atoms with Crippen molar-refractivity contribution in [3.05, 3.63) is 59.8 Å². The fourth-order valence-corrected chi connectivity index (χ4v) is 5.72. The third kappa shape index (κ3) is 7.21. The summed E-state index contributed by atoms with van der Waals surface area (Å²) in [7, 11) is 4.02. The number of hydrogen-bond donors (Lipinski definition) is 3. The maximum atomic E-state index is 14.0. The Labute approximate surface area is 243 Å². The van der Waals surface area contributed by atoms with Crippen LogP contribution in [0.5, 0.6) is 5.75 Å². The molecular weight excluding hydrogens is 516 g/mol. The van der Waals surface area contributed by atoms with Crippen LogP contribution in [0, 0.1) is 5.92 Å². The zero-order valence-electron chi connectivity index (χ0n) is 24.8. The quantitative estimate of drug-likeness (QED) is 0.322. The van der Waals surface area contributed by atoms with Gasteiger partial charge >= 0.3 is 6.03 Å². The van der Waals surface area contributed by atoms with Crippen LogP contribution < -0.4 is 15.4 Å². The molecule has 1 saturated heterocycles. The maximum absolute atomic E-state index is 14.0. The number of aromatic amines is 1. The summed E-state index contributed by atoms with van der Waals surface area (Å²) < 4.78 is 5.85. The highest BCUT2D eigenvalue weighted by Crippen LogP contribution is 2.32. The number of para-hydroxylation sites is 1. The van der Waals surface area contributed by atoms with Gasteiger partial charge in [0.2, 0.25) is 5.91 Å². The summed E-state index contributed by atoms with van der Waals surface area (Å²) in [6.07, 6.45) is 4.60. The number of nitrogens with one attached hydrogen (secondary N) is 3. The molecule has 9 nitrogen and oxygen atoms in total. The van der Waals surface area contributed by atoms with Gasteiger partial charge in [-0.2, -0.15) is 0 Å². The first-order chi connectivity index (χ1) is 19.8. The number of benzene rings is 2. The molecule has 9 heteroatoms. The standard InChI is InChI=1S/C32H44N6O3/c1-5-41-29-13-12-24(20-36(3)4)18-28(29)34-31(39)30(22(2)26-19-33-27-9-7-6-8-25(26)27)35-32(40)38-16-14-37(15-17-38)21-23-10-11-23/h6-9,12-13,18-19,22-23,30,33H,5,10-11,14-17,20-21H2,1-4H3,(H,34,39)(H,35,40). The Morgan fingerprint density at radius 3 is 2.56 bits per heavy atom. The lowest BCUT2D eigenvalue weighted by atomic mass is 9.92. The minimum absolute atomic E-state index is 0.200. The topological polar surface area (TPSA) is 92.9 Å². The second kappa shape index (κ2) is 13.0. The number of piperazine rings is 1. The second-order valence-corrected chi connectivity index (χ2v) is 11.7. The molecule has 2 aromatic carbocycles. The zero-order valence-corrected chi connectivity index (χ0v) is 24.8. The van der Waals surface area contributed by atoms with Crippen LogP contribution in [0.15, 0.2) is 48.7 Å². The highest BCUT2D eigenvalue weighted by atomic mass is 16.5. The molecule has 1 aliphatic heterocycles. The molecule has 1 aliphatic carbocycles. The molecule has 2 atom stereocenters. The van der Waals surface area contributed by atoms with Crippen LogP contribution in [0.25, 0.3) is 10.9 Å². The van der Waals surface area contributed by atoms with Crippen LogP contribution in [0.4, 0.5) is 10.5 Å². The van der Waals surface area contributed by atoms with Crippen LogP contribution in [-0.4, -0.2) is 91.1 Å². The first kappa shape index (κ1) is 29.0. The molecule has 2 aliphatic rings. The molecule has 3 N–H and O–H groups in total. The van der Waals surface area contributed by atoms with Gasteiger partial charge in [-0.3, -0.25) is 9.69 Å². The summed E-state index contributed by atoms with van der Waals surface area (Å²) in [6.45, 7) is 9.33. The lowest BCUT2D eigenvalue weighted by molar-refractivity contribution is -0.118. The molecule has 2 heterocycles. The molecule has 41 heavy (non-hydrogen) atoms. The summed E-state index contributed by atoms with van der Waals surface area (Å²) in [5.41, 5.74) is 3.65. The number of carbonyl (C=O) groups is 2. The van der Waals surface area contributed by atoms with Crippen molar-refractivity contribution in [2.75, 3.05) is 58.7 Å². The Balaban J connectivity index is 1.37. The zero-order chi connectivity index (χ0) is 28.9. The van der Waals surface area contributed by atoms with Crippen LogP contribution in [-0.2, 0) is 11.3 Å². The van der Waals surface area contributed by atoms with Crippen molar-refractivity contribution >= 4 is 28.5 Å². The van der Waals surface area contributed by atoms with E-state index in [4.69, 9.17) is 4.74 Å². The number of amides is 3. The summed E-state index contributed by atoms with van der Waals surface area (Å²) in [5.74, 6) is 0.886. The van der Waals surface area contributed by atoms with E-state index in [1.54, 1.807) is 0 Å². The van der Waals surface area contributed by atoms with E-state index in [0.29, 0.717) is 31.1 Å². The lowest BCUT2D eigenvalue weighted by Gasteiger charge is -2.36. The van der Waals surface area contributed by atoms with Gasteiger partial charge < -0.3 is 30.2 Å². The number of ether oxygens (including phenoxy) is 1. The maximum Gasteiger partial charge on any atom is 0.318 e. The summed E-state index contributed by atoms with van der Waals surface area (Å²) in [6, 6.07) is 12.9. The number of fused-ring (bicyclic) bond motifs is 1. The Hall–Kier alpha value is -3.56. The van der Waals surface area contributed by atoms with E-state index in [-0.39, 0.29) is 17.9 Å². The number of hydrogen-bond acceptors (Lipinski definition) is 5. The SMILES string of the molecule is CCOc1ccc(CN(C)C)cc1NC(=O)C(NC(=O)N1CCN(CC2CC2)CC1)C(C)c1c[nH]c2ccccc12. The van der Waals surface area contributed by atoms with Crippen LogP contribution >= 0.6 is 0 Å². The van der Waals surface area contributed by atoms with Crippen molar-refractivity contribution < 1.29 is 14.3 Å². The molecule has 1 aromatic heterocycles. The molecule has 220 valence electrons. The van der Waals surface area contributed by atoms with Gasteiger partial charge in [-0.05, 0) is 69.1 Å². The van der Waals surface area contributed by atoms with E-state index in [2.05, 4.69) is 25.4 Å². The molecule has 1 saturated carbocycles. The van der Waals surface area contributed by atoms with E-state index < -0.39 is 6.04 Å². The summed E-state index contributed by atoms with van der Waals surface area (Å²) in [4.78, 5) is 37.3. The van der Waals surface area contributed by atoms with E-state index in [0.717, 1.165) is 54.1 Å². The molecule has 0 radical (unpaired) electrons. The van der Waals surface area contributed by atoms with E-state index in [9.17, 15) is 9.59 Å². The van der Waals surface area contributed by atoms with Crippen molar-refractivity contribution in [1.29, 1.82) is 0 Å². The summed E-state index contributed by atoms with van der Waals surface area (Å²) in [5, 5.41) is 7.27. The molecule has 3 aromatic rings. The predicted molar refractivity (Wildman–Crippen MR) is 163 cm³/mol. The van der Waals surface area contributed by atoms with Crippen molar-refractivity contribution in [3.8, 4) is 5.75 Å². The van der Waals surface area contributed by atoms with E-state index in [1.165, 1.54) is 12.8 Å². The van der Waals surface area contributed by atoms with Crippen LogP contribution in [0.3, 0.4) is 0 Å². The average molecular weight is 561 g/mol. The predicted octanol–water partition coefficient (Wildman–Crippen LogP) is 4.48. The minimum Gasteiger partial charge on any atom is -0.492 e. The van der Waals surface area contributed by atoms with Crippen molar-refractivity contribution in [2.24, 2.45) is 5.92 Å². The third-order valence-corrected chi connectivity index (χ3v) is 8.15. The highest BCUT2D eigenvalue weighted by molar-refractivity contribution is 5.99. The van der Waals surface area contributed by atoms with Gasteiger partial charge in [-0.1, -0.05) is 31.2 Å². The van der Waals surface area contributed by atoms with Crippen LogP contribution in [0.1, 0.15) is 43.7 Å². The summed E-state index contributed by atoms with van der Waals surface area (Å²) >= 11 is 0. The third-order valence-electron chi connectivity index (χ3n) is 8.15. The first-order valence-corrected chi connectivity index (χ1v) is 14.9.